The van der Waals surface area contributed by atoms with E-state index in [4.69, 9.17) is 0 Å². The second-order valence-electron chi connectivity index (χ2n) is 3.85. The molecule has 15 heavy (non-hydrogen) atoms. The van der Waals surface area contributed by atoms with Crippen LogP contribution in [0.4, 0.5) is 4.39 Å². The minimum atomic E-state index is -0.149. The Kier molecular flexibility index (Phi) is 2.76. The topological polar surface area (TPSA) is 15.8 Å². The smallest absolute Gasteiger partial charge is 0.147 e. The van der Waals surface area contributed by atoms with Crippen LogP contribution in [0.25, 0.3) is 10.9 Å². The lowest BCUT2D eigenvalue weighted by Crippen LogP contribution is -1.88. The fraction of sp³-hybridized carbons (Fsp3) is 0.385. The van der Waals surface area contributed by atoms with E-state index < -0.39 is 0 Å². The molecule has 1 aromatic heterocycles. The van der Waals surface area contributed by atoms with E-state index in [0.29, 0.717) is 5.52 Å². The van der Waals surface area contributed by atoms with Gasteiger partial charge in [0.25, 0.3) is 0 Å². The lowest BCUT2D eigenvalue weighted by molar-refractivity contribution is 0.637. The zero-order valence-electron chi connectivity index (χ0n) is 9.23. The van der Waals surface area contributed by atoms with Crippen molar-refractivity contribution in [2.45, 2.75) is 33.1 Å². The molecule has 0 bridgehead atoms. The molecule has 0 saturated carbocycles. The van der Waals surface area contributed by atoms with E-state index in [1.54, 1.807) is 6.07 Å². The number of aromatic amines is 1. The van der Waals surface area contributed by atoms with Crippen LogP contribution in [0, 0.1) is 5.82 Å². The van der Waals surface area contributed by atoms with Gasteiger partial charge in [0.1, 0.15) is 5.82 Å². The Balaban J connectivity index is 2.67. The van der Waals surface area contributed by atoms with Gasteiger partial charge in [-0.25, -0.2) is 4.39 Å². The van der Waals surface area contributed by atoms with Crippen molar-refractivity contribution in [3.63, 3.8) is 0 Å². The Morgan fingerprint density at radius 3 is 2.73 bits per heavy atom. The molecule has 0 fully saturated rings. The summed E-state index contributed by atoms with van der Waals surface area (Å²) < 4.78 is 13.5. The first kappa shape index (κ1) is 10.2. The molecular weight excluding hydrogens is 189 g/mol. The van der Waals surface area contributed by atoms with Crippen LogP contribution in [-0.2, 0) is 12.8 Å². The van der Waals surface area contributed by atoms with Crippen molar-refractivity contribution < 1.29 is 4.39 Å². The number of fused-ring (bicyclic) bond motifs is 1. The first-order valence-corrected chi connectivity index (χ1v) is 5.55. The minimum absolute atomic E-state index is 0.149. The predicted octanol–water partition coefficient (Wildman–Crippen LogP) is 3.82. The van der Waals surface area contributed by atoms with E-state index in [2.05, 4.69) is 18.8 Å². The van der Waals surface area contributed by atoms with Gasteiger partial charge < -0.3 is 4.98 Å². The van der Waals surface area contributed by atoms with Crippen LogP contribution >= 0.6 is 0 Å². The van der Waals surface area contributed by atoms with Crippen LogP contribution in [0.3, 0.4) is 0 Å². The summed E-state index contributed by atoms with van der Waals surface area (Å²) in [5.74, 6) is -0.149. The van der Waals surface area contributed by atoms with Crippen LogP contribution in [0.2, 0.25) is 0 Å². The molecule has 2 heteroatoms. The maximum Gasteiger partial charge on any atom is 0.147 e. The molecule has 0 aliphatic carbocycles. The Labute approximate surface area is 89.3 Å². The summed E-state index contributed by atoms with van der Waals surface area (Å²) in [4.78, 5) is 3.21. The second kappa shape index (κ2) is 4.05. The van der Waals surface area contributed by atoms with Crippen LogP contribution in [0.1, 0.15) is 31.5 Å². The van der Waals surface area contributed by atoms with Gasteiger partial charge in [-0.2, -0.15) is 0 Å². The van der Waals surface area contributed by atoms with Crippen LogP contribution in [0.5, 0.6) is 0 Å². The molecule has 0 unspecified atom stereocenters. The highest BCUT2D eigenvalue weighted by atomic mass is 19.1. The fourth-order valence-electron chi connectivity index (χ4n) is 2.16. The Morgan fingerprint density at radius 1 is 1.27 bits per heavy atom. The van der Waals surface area contributed by atoms with Crippen molar-refractivity contribution in [3.8, 4) is 0 Å². The maximum atomic E-state index is 13.5. The molecule has 0 saturated heterocycles. The molecule has 0 amide bonds. The van der Waals surface area contributed by atoms with Crippen molar-refractivity contribution in [3.05, 3.63) is 35.3 Å². The third-order valence-corrected chi connectivity index (χ3v) is 2.83. The maximum absolute atomic E-state index is 13.5. The Morgan fingerprint density at radius 2 is 2.07 bits per heavy atom. The zero-order chi connectivity index (χ0) is 10.8. The summed E-state index contributed by atoms with van der Waals surface area (Å²) >= 11 is 0. The quantitative estimate of drug-likeness (QED) is 0.784. The molecule has 0 radical (unpaired) electrons. The summed E-state index contributed by atoms with van der Waals surface area (Å²) in [6.07, 6.45) is 3.04. The lowest BCUT2D eigenvalue weighted by atomic mass is 10.1. The summed E-state index contributed by atoms with van der Waals surface area (Å²) in [6.45, 7) is 4.26. The molecular formula is C13H16FN. The number of hydrogen-bond donors (Lipinski definition) is 1. The van der Waals surface area contributed by atoms with Gasteiger partial charge in [0.15, 0.2) is 0 Å². The average Bonchev–Trinajstić information content (AvgIpc) is 2.58. The summed E-state index contributed by atoms with van der Waals surface area (Å²) in [6, 6.07) is 5.28. The van der Waals surface area contributed by atoms with Gasteiger partial charge in [0.2, 0.25) is 0 Å². The first-order chi connectivity index (χ1) is 7.27. The highest BCUT2D eigenvalue weighted by molar-refractivity contribution is 5.85. The fourth-order valence-corrected chi connectivity index (χ4v) is 2.16. The molecule has 1 nitrogen and oxygen atoms in total. The highest BCUT2D eigenvalue weighted by Gasteiger charge is 2.11. The number of H-pyrrole nitrogens is 1. The summed E-state index contributed by atoms with van der Waals surface area (Å²) in [5, 5.41) is 1.04. The number of rotatable bonds is 3. The first-order valence-electron chi connectivity index (χ1n) is 5.55. The van der Waals surface area contributed by atoms with E-state index in [0.717, 1.165) is 24.6 Å². The Bertz CT molecular complexity index is 471. The summed E-state index contributed by atoms with van der Waals surface area (Å²) in [7, 11) is 0. The zero-order valence-corrected chi connectivity index (χ0v) is 9.23. The molecule has 0 aliphatic rings. The number of aryl methyl sites for hydroxylation is 2. The average molecular weight is 205 g/mol. The lowest BCUT2D eigenvalue weighted by Gasteiger charge is -1.98. The van der Waals surface area contributed by atoms with Gasteiger partial charge >= 0.3 is 0 Å². The molecule has 80 valence electrons. The molecule has 2 aromatic rings. The largest absolute Gasteiger partial charge is 0.356 e. The molecule has 2 rings (SSSR count). The third-order valence-electron chi connectivity index (χ3n) is 2.83. The third kappa shape index (κ3) is 1.65. The summed E-state index contributed by atoms with van der Waals surface area (Å²) in [5.41, 5.74) is 3.13. The van der Waals surface area contributed by atoms with E-state index in [-0.39, 0.29) is 5.82 Å². The SMILES string of the molecule is CCCc1[nH]c2c(F)cccc2c1CC. The molecule has 0 atom stereocenters. The number of para-hydroxylation sites is 1. The molecule has 1 N–H and O–H groups in total. The highest BCUT2D eigenvalue weighted by Crippen LogP contribution is 2.25. The van der Waals surface area contributed by atoms with Gasteiger partial charge in [-0.1, -0.05) is 32.4 Å². The van der Waals surface area contributed by atoms with Crippen molar-refractivity contribution in [1.29, 1.82) is 0 Å². The Hall–Kier alpha value is -1.31. The van der Waals surface area contributed by atoms with Crippen molar-refractivity contribution in [2.24, 2.45) is 0 Å². The standard InChI is InChI=1S/C13H16FN/c1-3-6-12-9(4-2)10-7-5-8-11(14)13(10)15-12/h5,7-8,15H,3-4,6H2,1-2H3. The van der Waals surface area contributed by atoms with Gasteiger partial charge in [-0.05, 0) is 24.5 Å². The van der Waals surface area contributed by atoms with E-state index in [9.17, 15) is 4.39 Å². The number of nitrogens with one attached hydrogen (secondary N) is 1. The van der Waals surface area contributed by atoms with E-state index in [1.165, 1.54) is 17.3 Å². The number of benzene rings is 1. The minimum Gasteiger partial charge on any atom is -0.356 e. The number of aromatic nitrogens is 1. The van der Waals surface area contributed by atoms with Gasteiger partial charge in [0.05, 0.1) is 5.52 Å². The molecule has 1 aromatic carbocycles. The van der Waals surface area contributed by atoms with E-state index >= 15 is 0 Å². The van der Waals surface area contributed by atoms with Crippen molar-refractivity contribution in [2.75, 3.05) is 0 Å². The van der Waals surface area contributed by atoms with Crippen molar-refractivity contribution in [1.82, 2.24) is 4.98 Å². The predicted molar refractivity (Wildman–Crippen MR) is 61.6 cm³/mol. The molecule has 0 aliphatic heterocycles. The van der Waals surface area contributed by atoms with Crippen molar-refractivity contribution >= 4 is 10.9 Å². The van der Waals surface area contributed by atoms with Crippen LogP contribution in [0.15, 0.2) is 18.2 Å². The number of halogens is 1. The van der Waals surface area contributed by atoms with Gasteiger partial charge in [0, 0.05) is 11.1 Å². The van der Waals surface area contributed by atoms with E-state index in [1.807, 2.05) is 6.07 Å². The van der Waals surface area contributed by atoms with Crippen LogP contribution in [-0.4, -0.2) is 4.98 Å². The number of hydrogen-bond acceptors (Lipinski definition) is 0. The van der Waals surface area contributed by atoms with Gasteiger partial charge in [-0.15, -0.1) is 0 Å². The normalized spacial score (nSPS) is 11.1. The second-order valence-corrected chi connectivity index (χ2v) is 3.85. The monoisotopic (exact) mass is 205 g/mol. The molecule has 1 heterocycles. The van der Waals surface area contributed by atoms with Crippen LogP contribution < -0.4 is 0 Å². The molecule has 0 spiro atoms. The van der Waals surface area contributed by atoms with Gasteiger partial charge in [-0.3, -0.25) is 0 Å².